The standard InChI is InChI=1S/C9H18O/c1-7(2)5-9(6-10)8(3)4/h6-9H,5H2,1-4H3. The molecule has 0 amide bonds. The highest BCUT2D eigenvalue weighted by Crippen LogP contribution is 2.17. The van der Waals surface area contributed by atoms with Crippen LogP contribution in [0.3, 0.4) is 0 Å². The molecule has 1 unspecified atom stereocenters. The van der Waals surface area contributed by atoms with Crippen LogP contribution >= 0.6 is 0 Å². The van der Waals surface area contributed by atoms with Crippen molar-refractivity contribution in [2.24, 2.45) is 17.8 Å². The van der Waals surface area contributed by atoms with Crippen LogP contribution in [0.1, 0.15) is 34.1 Å². The topological polar surface area (TPSA) is 17.1 Å². The Bertz CT molecular complexity index is 94.9. The van der Waals surface area contributed by atoms with E-state index in [4.69, 9.17) is 0 Å². The van der Waals surface area contributed by atoms with Gasteiger partial charge in [-0.05, 0) is 18.3 Å². The van der Waals surface area contributed by atoms with Gasteiger partial charge in [-0.1, -0.05) is 27.7 Å². The van der Waals surface area contributed by atoms with Crippen molar-refractivity contribution >= 4 is 6.29 Å². The summed E-state index contributed by atoms with van der Waals surface area (Å²) >= 11 is 0. The predicted octanol–water partition coefficient (Wildman–Crippen LogP) is 2.50. The second-order valence-corrected chi connectivity index (χ2v) is 3.67. The van der Waals surface area contributed by atoms with E-state index in [2.05, 4.69) is 27.7 Å². The van der Waals surface area contributed by atoms with Gasteiger partial charge in [0.05, 0.1) is 0 Å². The third kappa shape index (κ3) is 3.65. The third-order valence-electron chi connectivity index (χ3n) is 1.77. The van der Waals surface area contributed by atoms with E-state index in [9.17, 15) is 4.79 Å². The largest absolute Gasteiger partial charge is 0.303 e. The van der Waals surface area contributed by atoms with Gasteiger partial charge < -0.3 is 4.79 Å². The maximum atomic E-state index is 10.5. The van der Waals surface area contributed by atoms with Crippen LogP contribution in [0.25, 0.3) is 0 Å². The molecule has 0 aliphatic carbocycles. The highest BCUT2D eigenvalue weighted by molar-refractivity contribution is 5.53. The van der Waals surface area contributed by atoms with Crippen LogP contribution in [0, 0.1) is 17.8 Å². The molecular formula is C9H18O. The molecule has 0 aromatic heterocycles. The zero-order chi connectivity index (χ0) is 8.15. The molecule has 0 aliphatic heterocycles. The van der Waals surface area contributed by atoms with Crippen LogP contribution in [-0.2, 0) is 4.79 Å². The molecular weight excluding hydrogens is 124 g/mol. The van der Waals surface area contributed by atoms with Gasteiger partial charge in [0.15, 0.2) is 0 Å². The molecule has 0 saturated heterocycles. The second kappa shape index (κ2) is 4.48. The lowest BCUT2D eigenvalue weighted by Gasteiger charge is -2.15. The minimum Gasteiger partial charge on any atom is -0.303 e. The SMILES string of the molecule is CC(C)CC(C=O)C(C)C. The van der Waals surface area contributed by atoms with Crippen LogP contribution in [0.2, 0.25) is 0 Å². The quantitative estimate of drug-likeness (QED) is 0.551. The van der Waals surface area contributed by atoms with Crippen molar-refractivity contribution in [1.29, 1.82) is 0 Å². The summed E-state index contributed by atoms with van der Waals surface area (Å²) in [6.45, 7) is 8.50. The Kier molecular flexibility index (Phi) is 4.33. The fourth-order valence-electron chi connectivity index (χ4n) is 1.03. The van der Waals surface area contributed by atoms with Gasteiger partial charge in [0.25, 0.3) is 0 Å². The first-order chi connectivity index (χ1) is 4.57. The average molecular weight is 142 g/mol. The Labute approximate surface area is 63.8 Å². The minimum absolute atomic E-state index is 0.264. The zero-order valence-corrected chi connectivity index (χ0v) is 7.42. The number of hydrogen-bond donors (Lipinski definition) is 0. The molecule has 0 fully saturated rings. The van der Waals surface area contributed by atoms with Crippen molar-refractivity contribution in [1.82, 2.24) is 0 Å². The van der Waals surface area contributed by atoms with Crippen molar-refractivity contribution in [2.75, 3.05) is 0 Å². The Morgan fingerprint density at radius 2 is 1.70 bits per heavy atom. The van der Waals surface area contributed by atoms with Gasteiger partial charge in [-0.3, -0.25) is 0 Å². The predicted molar refractivity (Wildman–Crippen MR) is 43.8 cm³/mol. The van der Waals surface area contributed by atoms with E-state index in [-0.39, 0.29) is 5.92 Å². The second-order valence-electron chi connectivity index (χ2n) is 3.67. The van der Waals surface area contributed by atoms with Crippen LogP contribution in [0.15, 0.2) is 0 Å². The summed E-state index contributed by atoms with van der Waals surface area (Å²) in [6.07, 6.45) is 2.12. The fourth-order valence-corrected chi connectivity index (χ4v) is 1.03. The van der Waals surface area contributed by atoms with Gasteiger partial charge in [0, 0.05) is 5.92 Å². The summed E-state index contributed by atoms with van der Waals surface area (Å²) in [4.78, 5) is 10.5. The molecule has 0 spiro atoms. The monoisotopic (exact) mass is 142 g/mol. The Hall–Kier alpha value is -0.330. The fraction of sp³-hybridized carbons (Fsp3) is 0.889. The molecule has 0 saturated carbocycles. The van der Waals surface area contributed by atoms with Gasteiger partial charge in [-0.15, -0.1) is 0 Å². The van der Waals surface area contributed by atoms with Gasteiger partial charge in [0.1, 0.15) is 6.29 Å². The van der Waals surface area contributed by atoms with E-state index in [0.717, 1.165) is 12.7 Å². The molecule has 60 valence electrons. The highest BCUT2D eigenvalue weighted by atomic mass is 16.1. The summed E-state index contributed by atoms with van der Waals surface area (Å²) in [5.74, 6) is 1.40. The lowest BCUT2D eigenvalue weighted by Crippen LogP contribution is -2.12. The number of aldehydes is 1. The van der Waals surface area contributed by atoms with Crippen molar-refractivity contribution in [3.8, 4) is 0 Å². The Morgan fingerprint density at radius 3 is 1.80 bits per heavy atom. The summed E-state index contributed by atoms with van der Waals surface area (Å²) in [5, 5.41) is 0. The molecule has 0 rings (SSSR count). The first-order valence-electron chi connectivity index (χ1n) is 4.03. The molecule has 1 nitrogen and oxygen atoms in total. The van der Waals surface area contributed by atoms with Gasteiger partial charge >= 0.3 is 0 Å². The van der Waals surface area contributed by atoms with E-state index < -0.39 is 0 Å². The third-order valence-corrected chi connectivity index (χ3v) is 1.77. The molecule has 0 bridgehead atoms. The van der Waals surface area contributed by atoms with Crippen molar-refractivity contribution in [3.63, 3.8) is 0 Å². The number of carbonyl (C=O) groups is 1. The lowest BCUT2D eigenvalue weighted by molar-refractivity contribution is -0.112. The number of rotatable bonds is 4. The molecule has 0 radical (unpaired) electrons. The van der Waals surface area contributed by atoms with E-state index in [1.54, 1.807) is 0 Å². The molecule has 10 heavy (non-hydrogen) atoms. The molecule has 0 aromatic rings. The van der Waals surface area contributed by atoms with Crippen LogP contribution in [0.4, 0.5) is 0 Å². The molecule has 1 atom stereocenters. The van der Waals surface area contributed by atoms with E-state index in [1.807, 2.05) is 0 Å². The van der Waals surface area contributed by atoms with Gasteiger partial charge in [0.2, 0.25) is 0 Å². The smallest absolute Gasteiger partial charge is 0.123 e. The highest BCUT2D eigenvalue weighted by Gasteiger charge is 2.12. The van der Waals surface area contributed by atoms with Crippen LogP contribution < -0.4 is 0 Å². The summed E-state index contributed by atoms with van der Waals surface area (Å²) in [7, 11) is 0. The lowest BCUT2D eigenvalue weighted by atomic mass is 9.89. The number of hydrogen-bond acceptors (Lipinski definition) is 1. The van der Waals surface area contributed by atoms with E-state index in [1.165, 1.54) is 0 Å². The maximum absolute atomic E-state index is 10.5. The van der Waals surface area contributed by atoms with Crippen LogP contribution in [-0.4, -0.2) is 6.29 Å². The normalized spacial score (nSPS) is 14.2. The van der Waals surface area contributed by atoms with Crippen molar-refractivity contribution in [3.05, 3.63) is 0 Å². The first-order valence-corrected chi connectivity index (χ1v) is 4.03. The Morgan fingerprint density at radius 1 is 1.20 bits per heavy atom. The Balaban J connectivity index is 3.71. The zero-order valence-electron chi connectivity index (χ0n) is 7.42. The number of carbonyl (C=O) groups excluding carboxylic acids is 1. The summed E-state index contributed by atoms with van der Waals surface area (Å²) in [5.41, 5.74) is 0. The molecule has 0 aromatic carbocycles. The molecule has 0 N–H and O–H groups in total. The van der Waals surface area contributed by atoms with E-state index >= 15 is 0 Å². The summed E-state index contributed by atoms with van der Waals surface area (Å²) in [6, 6.07) is 0. The molecule has 0 aliphatic rings. The first kappa shape index (κ1) is 9.67. The molecule has 0 heterocycles. The van der Waals surface area contributed by atoms with Crippen molar-refractivity contribution < 1.29 is 4.79 Å². The van der Waals surface area contributed by atoms with Gasteiger partial charge in [-0.25, -0.2) is 0 Å². The summed E-state index contributed by atoms with van der Waals surface area (Å²) < 4.78 is 0. The average Bonchev–Trinajstić information content (AvgIpc) is 1.81. The van der Waals surface area contributed by atoms with Crippen LogP contribution in [0.5, 0.6) is 0 Å². The van der Waals surface area contributed by atoms with E-state index in [0.29, 0.717) is 11.8 Å². The molecule has 1 heteroatoms. The van der Waals surface area contributed by atoms with Crippen molar-refractivity contribution in [2.45, 2.75) is 34.1 Å². The maximum Gasteiger partial charge on any atom is 0.123 e. The van der Waals surface area contributed by atoms with Gasteiger partial charge in [-0.2, -0.15) is 0 Å². The minimum atomic E-state index is 0.264.